The Morgan fingerprint density at radius 2 is 2.28 bits per heavy atom. The Morgan fingerprint density at radius 3 is 3.00 bits per heavy atom. The topological polar surface area (TPSA) is 88.8 Å². The summed E-state index contributed by atoms with van der Waals surface area (Å²) in [6.07, 6.45) is 2.28. The van der Waals surface area contributed by atoms with E-state index in [1.165, 1.54) is 6.33 Å². The Bertz CT molecular complexity index is 483. The van der Waals surface area contributed by atoms with Gasteiger partial charge in [-0.3, -0.25) is 5.10 Å². The summed E-state index contributed by atoms with van der Waals surface area (Å²) >= 11 is 0. The van der Waals surface area contributed by atoms with Gasteiger partial charge in [-0.25, -0.2) is 4.98 Å². The first-order valence-electron chi connectivity index (χ1n) is 5.89. The van der Waals surface area contributed by atoms with Crippen LogP contribution in [0.15, 0.2) is 24.5 Å². The number of H-pyrrole nitrogens is 1. The second-order valence-corrected chi connectivity index (χ2v) is 3.83. The molecular weight excluding hydrogens is 230 g/mol. The number of nitrogens with one attached hydrogen (secondary N) is 2. The standard InChI is InChI=1S/C12H17N5O/c1-2-18-11-6-9(13)5-10(7-11)14-4-3-12-15-8-16-17-12/h5-8,14H,2-4,13H2,1H3,(H,15,16,17). The summed E-state index contributed by atoms with van der Waals surface area (Å²) in [4.78, 5) is 4.06. The maximum atomic E-state index is 5.81. The molecular formula is C12H17N5O. The molecule has 1 aromatic carbocycles. The van der Waals surface area contributed by atoms with Gasteiger partial charge in [0, 0.05) is 36.5 Å². The Morgan fingerprint density at radius 1 is 1.39 bits per heavy atom. The van der Waals surface area contributed by atoms with Crippen LogP contribution in [0.25, 0.3) is 0 Å². The number of aromatic amines is 1. The molecule has 2 rings (SSSR count). The molecule has 1 aromatic heterocycles. The number of nitrogens with zero attached hydrogens (tertiary/aromatic N) is 2. The lowest BCUT2D eigenvalue weighted by Crippen LogP contribution is -2.06. The van der Waals surface area contributed by atoms with Gasteiger partial charge in [0.05, 0.1) is 6.61 Å². The number of benzene rings is 1. The summed E-state index contributed by atoms with van der Waals surface area (Å²) in [6.45, 7) is 3.32. The van der Waals surface area contributed by atoms with Gasteiger partial charge in [-0.05, 0) is 13.0 Å². The van der Waals surface area contributed by atoms with E-state index in [4.69, 9.17) is 10.5 Å². The SMILES string of the molecule is CCOc1cc(N)cc(NCCc2ncn[nH]2)c1. The van der Waals surface area contributed by atoms with Crippen molar-refractivity contribution in [3.05, 3.63) is 30.4 Å². The van der Waals surface area contributed by atoms with Crippen molar-refractivity contribution in [2.45, 2.75) is 13.3 Å². The smallest absolute Gasteiger partial charge is 0.137 e. The highest BCUT2D eigenvalue weighted by atomic mass is 16.5. The zero-order valence-electron chi connectivity index (χ0n) is 10.3. The number of rotatable bonds is 6. The van der Waals surface area contributed by atoms with Crippen LogP contribution < -0.4 is 15.8 Å². The molecule has 1 heterocycles. The minimum atomic E-state index is 0.626. The van der Waals surface area contributed by atoms with E-state index in [1.807, 2.05) is 25.1 Å². The summed E-state index contributed by atoms with van der Waals surface area (Å²) in [5, 5.41) is 9.89. The van der Waals surface area contributed by atoms with Gasteiger partial charge in [-0.15, -0.1) is 0 Å². The Balaban J connectivity index is 1.92. The van der Waals surface area contributed by atoms with Crippen molar-refractivity contribution in [1.29, 1.82) is 0 Å². The van der Waals surface area contributed by atoms with Crippen LogP contribution >= 0.6 is 0 Å². The second kappa shape index (κ2) is 5.90. The first-order valence-corrected chi connectivity index (χ1v) is 5.89. The Kier molecular flexibility index (Phi) is 4.01. The molecule has 6 nitrogen and oxygen atoms in total. The van der Waals surface area contributed by atoms with Crippen molar-refractivity contribution in [2.24, 2.45) is 0 Å². The van der Waals surface area contributed by atoms with Gasteiger partial charge in [0.25, 0.3) is 0 Å². The summed E-state index contributed by atoms with van der Waals surface area (Å²) in [5.74, 6) is 1.64. The first kappa shape index (κ1) is 12.2. The van der Waals surface area contributed by atoms with Crippen LogP contribution in [0.1, 0.15) is 12.7 Å². The van der Waals surface area contributed by atoms with E-state index in [-0.39, 0.29) is 0 Å². The fraction of sp³-hybridized carbons (Fsp3) is 0.333. The minimum Gasteiger partial charge on any atom is -0.494 e. The average Bonchev–Trinajstić information content (AvgIpc) is 2.82. The fourth-order valence-electron chi connectivity index (χ4n) is 1.65. The van der Waals surface area contributed by atoms with Gasteiger partial charge in [0.15, 0.2) is 0 Å². The maximum Gasteiger partial charge on any atom is 0.137 e. The third kappa shape index (κ3) is 3.38. The molecule has 0 unspecified atom stereocenters. The molecule has 0 radical (unpaired) electrons. The Hall–Kier alpha value is -2.24. The average molecular weight is 247 g/mol. The number of ether oxygens (including phenoxy) is 1. The van der Waals surface area contributed by atoms with Gasteiger partial charge in [0.2, 0.25) is 0 Å². The number of hydrogen-bond acceptors (Lipinski definition) is 5. The molecule has 0 aliphatic carbocycles. The van der Waals surface area contributed by atoms with Gasteiger partial charge >= 0.3 is 0 Å². The fourth-order valence-corrected chi connectivity index (χ4v) is 1.65. The summed E-state index contributed by atoms with van der Waals surface area (Å²) in [7, 11) is 0. The molecule has 0 atom stereocenters. The molecule has 0 amide bonds. The zero-order chi connectivity index (χ0) is 12.8. The quantitative estimate of drug-likeness (QED) is 0.672. The van der Waals surface area contributed by atoms with Crippen LogP contribution in [0.4, 0.5) is 11.4 Å². The molecule has 0 spiro atoms. The molecule has 0 aliphatic rings. The predicted octanol–water partition coefficient (Wildman–Crippen LogP) is 1.44. The van der Waals surface area contributed by atoms with Crippen molar-refractivity contribution in [3.63, 3.8) is 0 Å². The number of anilines is 2. The van der Waals surface area contributed by atoms with E-state index in [9.17, 15) is 0 Å². The molecule has 0 saturated carbocycles. The number of nitrogen functional groups attached to an aromatic ring is 1. The number of hydrogen-bond donors (Lipinski definition) is 3. The molecule has 96 valence electrons. The van der Waals surface area contributed by atoms with E-state index in [0.29, 0.717) is 12.3 Å². The van der Waals surface area contributed by atoms with Gasteiger partial charge < -0.3 is 15.8 Å². The lowest BCUT2D eigenvalue weighted by molar-refractivity contribution is 0.340. The van der Waals surface area contributed by atoms with E-state index in [0.717, 1.165) is 30.2 Å². The lowest BCUT2D eigenvalue weighted by Gasteiger charge is -2.09. The lowest BCUT2D eigenvalue weighted by atomic mass is 10.2. The van der Waals surface area contributed by atoms with Crippen molar-refractivity contribution in [2.75, 3.05) is 24.2 Å². The van der Waals surface area contributed by atoms with Crippen molar-refractivity contribution >= 4 is 11.4 Å². The van der Waals surface area contributed by atoms with Crippen LogP contribution in [0.3, 0.4) is 0 Å². The van der Waals surface area contributed by atoms with Gasteiger partial charge in [-0.2, -0.15) is 5.10 Å². The summed E-state index contributed by atoms with van der Waals surface area (Å²) < 4.78 is 5.43. The van der Waals surface area contributed by atoms with E-state index in [1.54, 1.807) is 0 Å². The molecule has 0 aliphatic heterocycles. The van der Waals surface area contributed by atoms with Crippen LogP contribution in [-0.2, 0) is 6.42 Å². The second-order valence-electron chi connectivity index (χ2n) is 3.83. The number of nitrogens with two attached hydrogens (primary N) is 1. The largest absolute Gasteiger partial charge is 0.494 e. The molecule has 0 bridgehead atoms. The van der Waals surface area contributed by atoms with Crippen molar-refractivity contribution in [1.82, 2.24) is 15.2 Å². The minimum absolute atomic E-state index is 0.626. The van der Waals surface area contributed by atoms with Crippen LogP contribution in [0, 0.1) is 0 Å². The summed E-state index contributed by atoms with van der Waals surface area (Å²) in [6, 6.07) is 5.62. The third-order valence-corrected chi connectivity index (χ3v) is 2.40. The van der Waals surface area contributed by atoms with Gasteiger partial charge in [-0.1, -0.05) is 0 Å². The van der Waals surface area contributed by atoms with Crippen LogP contribution in [0.5, 0.6) is 5.75 Å². The molecule has 0 saturated heterocycles. The zero-order valence-corrected chi connectivity index (χ0v) is 10.3. The monoisotopic (exact) mass is 247 g/mol. The maximum absolute atomic E-state index is 5.81. The highest BCUT2D eigenvalue weighted by Crippen LogP contribution is 2.22. The molecule has 2 aromatic rings. The van der Waals surface area contributed by atoms with E-state index >= 15 is 0 Å². The Labute approximate surface area is 106 Å². The molecule has 6 heteroatoms. The van der Waals surface area contributed by atoms with Gasteiger partial charge in [0.1, 0.15) is 17.9 Å². The predicted molar refractivity (Wildman–Crippen MR) is 70.6 cm³/mol. The highest BCUT2D eigenvalue weighted by molar-refractivity contribution is 5.59. The number of aromatic nitrogens is 3. The van der Waals surface area contributed by atoms with Crippen LogP contribution in [0.2, 0.25) is 0 Å². The highest BCUT2D eigenvalue weighted by Gasteiger charge is 2.00. The first-order chi connectivity index (χ1) is 8.78. The normalized spacial score (nSPS) is 10.3. The van der Waals surface area contributed by atoms with E-state index < -0.39 is 0 Å². The molecule has 0 fully saturated rings. The van der Waals surface area contributed by atoms with Crippen molar-refractivity contribution < 1.29 is 4.74 Å². The molecule has 18 heavy (non-hydrogen) atoms. The summed E-state index contributed by atoms with van der Waals surface area (Å²) in [5.41, 5.74) is 7.43. The van der Waals surface area contributed by atoms with Crippen molar-refractivity contribution in [3.8, 4) is 5.75 Å². The third-order valence-electron chi connectivity index (χ3n) is 2.40. The van der Waals surface area contributed by atoms with E-state index in [2.05, 4.69) is 20.5 Å². The van der Waals surface area contributed by atoms with Crippen LogP contribution in [-0.4, -0.2) is 28.3 Å². The molecule has 4 N–H and O–H groups in total.